The Balaban J connectivity index is 2.33. The molecule has 0 aromatic carbocycles. The van der Waals surface area contributed by atoms with Gasteiger partial charge in [-0.3, -0.25) is 4.79 Å². The van der Waals surface area contributed by atoms with Crippen molar-refractivity contribution >= 4 is 40.3 Å². The van der Waals surface area contributed by atoms with Gasteiger partial charge in [-0.1, -0.05) is 11.6 Å². The Morgan fingerprint density at radius 1 is 1.43 bits per heavy atom. The summed E-state index contributed by atoms with van der Waals surface area (Å²) in [6.07, 6.45) is 0. The second kappa shape index (κ2) is 3.81. The highest BCUT2D eigenvalue weighted by Gasteiger charge is 2.13. The first-order chi connectivity index (χ1) is 6.66. The van der Waals surface area contributed by atoms with E-state index in [0.717, 1.165) is 5.69 Å². The summed E-state index contributed by atoms with van der Waals surface area (Å²) in [6.45, 7) is 1.87. The number of carbonyl (C=O) groups is 1. The molecule has 0 aliphatic heterocycles. The van der Waals surface area contributed by atoms with E-state index in [2.05, 4.69) is 4.37 Å². The molecule has 0 aliphatic carbocycles. The van der Waals surface area contributed by atoms with Crippen molar-refractivity contribution in [1.82, 2.24) is 4.37 Å². The van der Waals surface area contributed by atoms with E-state index in [1.54, 1.807) is 18.2 Å². The number of nitrogens with zero attached hydrogens (tertiary/aromatic N) is 1. The van der Waals surface area contributed by atoms with Crippen molar-refractivity contribution in [2.24, 2.45) is 0 Å². The monoisotopic (exact) mass is 243 g/mol. The Kier molecular flexibility index (Phi) is 2.67. The molecule has 0 amide bonds. The summed E-state index contributed by atoms with van der Waals surface area (Å²) in [5.41, 5.74) is 0.876. The lowest BCUT2D eigenvalue weighted by molar-refractivity contribution is 0.104. The third-order valence-electron chi connectivity index (χ3n) is 1.65. The molecule has 0 bridgehead atoms. The van der Waals surface area contributed by atoms with Crippen LogP contribution in [-0.4, -0.2) is 10.2 Å². The van der Waals surface area contributed by atoms with E-state index in [1.165, 1.54) is 22.9 Å². The van der Waals surface area contributed by atoms with Crippen molar-refractivity contribution in [2.75, 3.05) is 0 Å². The molecule has 0 fully saturated rings. The van der Waals surface area contributed by atoms with E-state index in [-0.39, 0.29) is 5.78 Å². The summed E-state index contributed by atoms with van der Waals surface area (Å²) in [7, 11) is 0. The van der Waals surface area contributed by atoms with Gasteiger partial charge in [-0.2, -0.15) is 4.37 Å². The SMILES string of the molecule is Cc1cc(C(=O)c2ccc(Cl)s2)sn1. The molecule has 2 nitrogen and oxygen atoms in total. The molecule has 0 saturated carbocycles. The van der Waals surface area contributed by atoms with Crippen LogP contribution in [-0.2, 0) is 0 Å². The number of hydrogen-bond acceptors (Lipinski definition) is 4. The topological polar surface area (TPSA) is 30.0 Å². The van der Waals surface area contributed by atoms with Crippen molar-refractivity contribution < 1.29 is 4.79 Å². The maximum Gasteiger partial charge on any atom is 0.214 e. The standard InChI is InChI=1S/C9H6ClNOS2/c1-5-4-7(14-11-5)9(12)6-2-3-8(10)13-6/h2-4H,1H3. The van der Waals surface area contributed by atoms with Crippen LogP contribution in [0.5, 0.6) is 0 Å². The third-order valence-corrected chi connectivity index (χ3v) is 3.76. The average Bonchev–Trinajstić information content (AvgIpc) is 2.73. The van der Waals surface area contributed by atoms with Gasteiger partial charge in [-0.05, 0) is 36.7 Å². The van der Waals surface area contributed by atoms with Crippen molar-refractivity contribution in [1.29, 1.82) is 0 Å². The Labute approximate surface area is 94.3 Å². The number of rotatable bonds is 2. The van der Waals surface area contributed by atoms with Crippen molar-refractivity contribution in [2.45, 2.75) is 6.92 Å². The van der Waals surface area contributed by atoms with Gasteiger partial charge in [-0.15, -0.1) is 11.3 Å². The van der Waals surface area contributed by atoms with Gasteiger partial charge in [0.15, 0.2) is 0 Å². The maximum absolute atomic E-state index is 11.8. The number of ketones is 1. The minimum absolute atomic E-state index is 0.00694. The predicted molar refractivity (Wildman–Crippen MR) is 59.6 cm³/mol. The van der Waals surface area contributed by atoms with E-state index in [9.17, 15) is 4.79 Å². The molecule has 0 atom stereocenters. The van der Waals surface area contributed by atoms with Crippen LogP contribution in [0.1, 0.15) is 20.2 Å². The first-order valence-electron chi connectivity index (χ1n) is 3.90. The van der Waals surface area contributed by atoms with Gasteiger partial charge >= 0.3 is 0 Å². The second-order valence-electron chi connectivity index (χ2n) is 2.77. The largest absolute Gasteiger partial charge is 0.287 e. The minimum atomic E-state index is 0.00694. The van der Waals surface area contributed by atoms with Crippen LogP contribution in [0.25, 0.3) is 0 Å². The van der Waals surface area contributed by atoms with Crippen molar-refractivity contribution in [3.05, 3.63) is 38.0 Å². The Hall–Kier alpha value is -0.710. The van der Waals surface area contributed by atoms with Gasteiger partial charge in [0, 0.05) is 0 Å². The van der Waals surface area contributed by atoms with Crippen LogP contribution >= 0.6 is 34.5 Å². The molecule has 0 spiro atoms. The van der Waals surface area contributed by atoms with Crippen LogP contribution in [0.2, 0.25) is 4.34 Å². The molecule has 0 N–H and O–H groups in total. The fraction of sp³-hybridized carbons (Fsp3) is 0.111. The zero-order valence-electron chi connectivity index (χ0n) is 7.28. The van der Waals surface area contributed by atoms with Crippen LogP contribution in [0.4, 0.5) is 0 Å². The molecule has 0 radical (unpaired) electrons. The fourth-order valence-corrected chi connectivity index (χ4v) is 2.80. The molecule has 0 aliphatic rings. The van der Waals surface area contributed by atoms with E-state index in [0.29, 0.717) is 14.1 Å². The van der Waals surface area contributed by atoms with Crippen LogP contribution in [0.15, 0.2) is 18.2 Å². The van der Waals surface area contributed by atoms with Gasteiger partial charge in [0.1, 0.15) is 0 Å². The number of aryl methyl sites for hydroxylation is 1. The van der Waals surface area contributed by atoms with Gasteiger partial charge in [0.2, 0.25) is 5.78 Å². The first kappa shape index (κ1) is 9.83. The summed E-state index contributed by atoms with van der Waals surface area (Å²) < 4.78 is 4.70. The first-order valence-corrected chi connectivity index (χ1v) is 5.87. The van der Waals surface area contributed by atoms with Crippen LogP contribution in [0.3, 0.4) is 0 Å². The van der Waals surface area contributed by atoms with Crippen molar-refractivity contribution in [3.8, 4) is 0 Å². The molecule has 2 aromatic rings. The lowest BCUT2D eigenvalue weighted by Gasteiger charge is -1.89. The minimum Gasteiger partial charge on any atom is -0.287 e. The Bertz CT molecular complexity index is 432. The van der Waals surface area contributed by atoms with Crippen molar-refractivity contribution in [3.63, 3.8) is 0 Å². The average molecular weight is 244 g/mol. The zero-order chi connectivity index (χ0) is 10.1. The van der Waals surface area contributed by atoms with E-state index >= 15 is 0 Å². The predicted octanol–water partition coefficient (Wildman–Crippen LogP) is 3.40. The van der Waals surface area contributed by atoms with Gasteiger partial charge in [-0.25, -0.2) is 0 Å². The fourth-order valence-electron chi connectivity index (χ4n) is 1.03. The maximum atomic E-state index is 11.8. The zero-order valence-corrected chi connectivity index (χ0v) is 9.67. The summed E-state index contributed by atoms with van der Waals surface area (Å²) in [5, 5.41) is 0. The number of thiophene rings is 1. The van der Waals surface area contributed by atoms with E-state index in [4.69, 9.17) is 11.6 Å². The smallest absolute Gasteiger partial charge is 0.214 e. The van der Waals surface area contributed by atoms with Gasteiger partial charge in [0.25, 0.3) is 0 Å². The summed E-state index contributed by atoms with van der Waals surface area (Å²) in [4.78, 5) is 13.1. The molecule has 2 heterocycles. The summed E-state index contributed by atoms with van der Waals surface area (Å²) >= 11 is 8.27. The molecule has 5 heteroatoms. The van der Waals surface area contributed by atoms with E-state index in [1.807, 2.05) is 6.92 Å². The third kappa shape index (κ3) is 1.87. The summed E-state index contributed by atoms with van der Waals surface area (Å²) in [6, 6.07) is 5.26. The van der Waals surface area contributed by atoms with E-state index < -0.39 is 0 Å². The highest BCUT2D eigenvalue weighted by Crippen LogP contribution is 2.25. The molecule has 72 valence electrons. The molecule has 14 heavy (non-hydrogen) atoms. The number of carbonyl (C=O) groups excluding carboxylic acids is 1. The summed E-state index contributed by atoms with van der Waals surface area (Å²) in [5.74, 6) is 0.00694. The van der Waals surface area contributed by atoms with Crippen LogP contribution in [0, 0.1) is 6.92 Å². The normalized spacial score (nSPS) is 10.4. The van der Waals surface area contributed by atoms with Crippen LogP contribution < -0.4 is 0 Å². The quantitative estimate of drug-likeness (QED) is 0.757. The highest BCUT2D eigenvalue weighted by molar-refractivity contribution is 7.19. The molecule has 0 unspecified atom stereocenters. The number of aromatic nitrogens is 1. The lowest BCUT2D eigenvalue weighted by Crippen LogP contribution is -1.93. The Morgan fingerprint density at radius 2 is 2.21 bits per heavy atom. The molecular weight excluding hydrogens is 238 g/mol. The Morgan fingerprint density at radius 3 is 2.71 bits per heavy atom. The lowest BCUT2D eigenvalue weighted by atomic mass is 10.2. The number of hydrogen-bond donors (Lipinski definition) is 0. The molecular formula is C9H6ClNOS2. The highest BCUT2D eigenvalue weighted by atomic mass is 35.5. The number of halogens is 1. The molecule has 2 rings (SSSR count). The molecule has 0 saturated heterocycles. The van der Waals surface area contributed by atoms with Gasteiger partial charge < -0.3 is 0 Å². The second-order valence-corrected chi connectivity index (χ2v) is 5.29. The van der Waals surface area contributed by atoms with Gasteiger partial charge in [0.05, 0.1) is 19.8 Å². The molecule has 2 aromatic heterocycles.